The third-order valence-corrected chi connectivity index (χ3v) is 3.54. The number of hydrogen-bond donors (Lipinski definition) is 0. The fraction of sp³-hybridized carbons (Fsp3) is 0.250. The molecule has 0 atom stereocenters. The van der Waals surface area contributed by atoms with Crippen LogP contribution in [0.3, 0.4) is 0 Å². The first-order valence-electron chi connectivity index (χ1n) is 5.69. The highest BCUT2D eigenvalue weighted by atomic mass is 32.2. The maximum Gasteiger partial charge on any atom is 0.325 e. The number of para-hydroxylation sites is 2. The Labute approximate surface area is 113 Å². The quantitative estimate of drug-likeness (QED) is 0.537. The van der Waals surface area contributed by atoms with Gasteiger partial charge >= 0.3 is 5.97 Å². The molecule has 6 nitrogen and oxygen atoms in total. The number of ether oxygens (including phenoxy) is 1. The Hall–Kier alpha value is -2.02. The van der Waals surface area contributed by atoms with Crippen LogP contribution in [-0.2, 0) is 16.1 Å². The van der Waals surface area contributed by atoms with Gasteiger partial charge in [0.25, 0.3) is 0 Å². The molecular formula is C12H12N4O2S. The number of hydrogen-bond acceptors (Lipinski definition) is 5. The molecule has 0 aliphatic carbocycles. The van der Waals surface area contributed by atoms with Crippen LogP contribution in [0, 0.1) is 0 Å². The first-order valence-corrected chi connectivity index (χ1v) is 6.92. The number of esters is 1. The Kier molecular flexibility index (Phi) is 2.90. The molecule has 0 aliphatic rings. The number of rotatable bonds is 3. The minimum absolute atomic E-state index is 0.111. The highest BCUT2D eigenvalue weighted by Gasteiger charge is 2.17. The molecular weight excluding hydrogens is 264 g/mol. The maximum absolute atomic E-state index is 11.5. The van der Waals surface area contributed by atoms with Crippen LogP contribution < -0.4 is 0 Å². The van der Waals surface area contributed by atoms with Gasteiger partial charge in [0.1, 0.15) is 6.54 Å². The van der Waals surface area contributed by atoms with E-state index in [-0.39, 0.29) is 12.5 Å². The molecule has 0 N–H and O–H groups in total. The second kappa shape index (κ2) is 4.58. The lowest BCUT2D eigenvalue weighted by atomic mass is 10.3. The van der Waals surface area contributed by atoms with Gasteiger partial charge in [0.15, 0.2) is 5.16 Å². The van der Waals surface area contributed by atoms with Gasteiger partial charge in [0.05, 0.1) is 18.1 Å². The van der Waals surface area contributed by atoms with Gasteiger partial charge in [0, 0.05) is 0 Å². The summed E-state index contributed by atoms with van der Waals surface area (Å²) in [5.41, 5.74) is 1.78. The van der Waals surface area contributed by atoms with Gasteiger partial charge in [-0.05, 0) is 18.4 Å². The summed E-state index contributed by atoms with van der Waals surface area (Å²) >= 11 is 1.47. The molecule has 2 heterocycles. The van der Waals surface area contributed by atoms with Crippen LogP contribution in [0.2, 0.25) is 0 Å². The Bertz CT molecular complexity index is 762. The second-order valence-corrected chi connectivity index (χ2v) is 4.73. The van der Waals surface area contributed by atoms with E-state index in [2.05, 4.69) is 10.1 Å². The van der Waals surface area contributed by atoms with Crippen molar-refractivity contribution in [3.05, 3.63) is 24.3 Å². The van der Waals surface area contributed by atoms with Gasteiger partial charge in [-0.15, -0.1) is 5.10 Å². The zero-order chi connectivity index (χ0) is 13.4. The molecule has 0 amide bonds. The van der Waals surface area contributed by atoms with Crippen LogP contribution in [-0.4, -0.2) is 38.5 Å². The predicted octanol–water partition coefficient (Wildman–Crippen LogP) is 1.58. The summed E-state index contributed by atoms with van der Waals surface area (Å²) in [6.45, 7) is 0.111. The van der Waals surface area contributed by atoms with Crippen molar-refractivity contribution in [3.8, 4) is 0 Å². The normalized spacial score (nSPS) is 11.3. The van der Waals surface area contributed by atoms with Crippen molar-refractivity contribution < 1.29 is 9.53 Å². The number of imidazole rings is 1. The van der Waals surface area contributed by atoms with Crippen LogP contribution in [0.15, 0.2) is 29.4 Å². The van der Waals surface area contributed by atoms with Crippen LogP contribution in [0.5, 0.6) is 0 Å². The molecule has 3 aromatic rings. The monoisotopic (exact) mass is 276 g/mol. The summed E-state index contributed by atoms with van der Waals surface area (Å²) in [7, 11) is 1.37. The summed E-state index contributed by atoms with van der Waals surface area (Å²) in [5, 5.41) is 5.21. The molecule has 98 valence electrons. The van der Waals surface area contributed by atoms with Crippen molar-refractivity contribution in [1.82, 2.24) is 19.2 Å². The molecule has 0 aliphatic heterocycles. The molecule has 0 spiro atoms. The SMILES string of the molecule is COC(=O)Cn1c(SC)nn2c3ccccc3nc12. The number of nitrogens with zero attached hydrogens (tertiary/aromatic N) is 4. The van der Waals surface area contributed by atoms with Crippen LogP contribution in [0.25, 0.3) is 16.8 Å². The summed E-state index contributed by atoms with van der Waals surface area (Å²) in [5.74, 6) is 0.332. The van der Waals surface area contributed by atoms with E-state index in [9.17, 15) is 4.79 Å². The molecule has 2 aromatic heterocycles. The number of aromatic nitrogens is 4. The molecule has 0 radical (unpaired) electrons. The van der Waals surface area contributed by atoms with E-state index in [1.807, 2.05) is 30.5 Å². The van der Waals surface area contributed by atoms with Crippen LogP contribution in [0.4, 0.5) is 0 Å². The average molecular weight is 276 g/mol. The van der Waals surface area contributed by atoms with E-state index >= 15 is 0 Å². The standard InChI is InChI=1S/C12H12N4O2S/c1-18-10(17)7-15-11-13-8-5-3-4-6-9(8)16(11)14-12(15)19-2/h3-6H,7H2,1-2H3. The molecule has 0 fully saturated rings. The average Bonchev–Trinajstić information content (AvgIpc) is 2.95. The van der Waals surface area contributed by atoms with Gasteiger partial charge < -0.3 is 4.74 Å². The number of carbonyl (C=O) groups is 1. The Morgan fingerprint density at radius 2 is 2.21 bits per heavy atom. The van der Waals surface area contributed by atoms with E-state index in [1.54, 1.807) is 9.08 Å². The highest BCUT2D eigenvalue weighted by Crippen LogP contribution is 2.21. The first kappa shape index (κ1) is 12.0. The molecule has 0 saturated heterocycles. The lowest BCUT2D eigenvalue weighted by Gasteiger charge is -2.02. The second-order valence-electron chi connectivity index (χ2n) is 3.96. The van der Waals surface area contributed by atoms with E-state index in [1.165, 1.54) is 18.9 Å². The molecule has 0 unspecified atom stereocenters. The number of carbonyl (C=O) groups excluding carboxylic acids is 1. The zero-order valence-corrected chi connectivity index (χ0v) is 11.3. The van der Waals surface area contributed by atoms with Gasteiger partial charge in [-0.25, -0.2) is 4.98 Å². The molecule has 1 aromatic carbocycles. The molecule has 3 rings (SSSR count). The lowest BCUT2D eigenvalue weighted by molar-refractivity contribution is -0.141. The van der Waals surface area contributed by atoms with E-state index in [4.69, 9.17) is 4.74 Å². The minimum atomic E-state index is -0.317. The van der Waals surface area contributed by atoms with Crippen molar-refractivity contribution in [2.24, 2.45) is 0 Å². The van der Waals surface area contributed by atoms with Crippen LogP contribution in [0.1, 0.15) is 0 Å². The minimum Gasteiger partial charge on any atom is -0.468 e. The largest absolute Gasteiger partial charge is 0.468 e. The van der Waals surface area contributed by atoms with Crippen molar-refractivity contribution in [1.29, 1.82) is 0 Å². The lowest BCUT2D eigenvalue weighted by Crippen LogP contribution is -2.12. The third-order valence-electron chi connectivity index (χ3n) is 2.88. The predicted molar refractivity (Wildman–Crippen MR) is 72.3 cm³/mol. The van der Waals surface area contributed by atoms with Gasteiger partial charge in [-0.1, -0.05) is 23.9 Å². The number of benzene rings is 1. The fourth-order valence-electron chi connectivity index (χ4n) is 1.98. The number of fused-ring (bicyclic) bond motifs is 3. The highest BCUT2D eigenvalue weighted by molar-refractivity contribution is 7.98. The Morgan fingerprint density at radius 1 is 1.42 bits per heavy atom. The van der Waals surface area contributed by atoms with Gasteiger partial charge in [-0.2, -0.15) is 4.52 Å². The van der Waals surface area contributed by atoms with E-state index < -0.39 is 0 Å². The molecule has 0 saturated carbocycles. The number of thioether (sulfide) groups is 1. The van der Waals surface area contributed by atoms with Gasteiger partial charge in [-0.3, -0.25) is 9.36 Å². The zero-order valence-electron chi connectivity index (χ0n) is 10.5. The fourth-order valence-corrected chi connectivity index (χ4v) is 2.51. The summed E-state index contributed by atoms with van der Waals surface area (Å²) in [6.07, 6.45) is 1.91. The first-order chi connectivity index (χ1) is 9.24. The van der Waals surface area contributed by atoms with E-state index in [0.717, 1.165) is 16.2 Å². The Morgan fingerprint density at radius 3 is 2.95 bits per heavy atom. The van der Waals surface area contributed by atoms with Gasteiger partial charge in [0.2, 0.25) is 5.78 Å². The summed E-state index contributed by atoms with van der Waals surface area (Å²) in [6, 6.07) is 7.74. The molecule has 19 heavy (non-hydrogen) atoms. The Balaban J connectivity index is 2.25. The molecule has 7 heteroatoms. The van der Waals surface area contributed by atoms with Crippen molar-refractivity contribution in [2.45, 2.75) is 11.7 Å². The molecule has 0 bridgehead atoms. The summed E-state index contributed by atoms with van der Waals surface area (Å²) in [4.78, 5) is 16.0. The van der Waals surface area contributed by atoms with Crippen molar-refractivity contribution in [3.63, 3.8) is 0 Å². The number of methoxy groups -OCH3 is 1. The maximum atomic E-state index is 11.5. The summed E-state index contributed by atoms with van der Waals surface area (Å²) < 4.78 is 8.23. The van der Waals surface area contributed by atoms with Crippen LogP contribution >= 0.6 is 11.8 Å². The third kappa shape index (κ3) is 1.86. The topological polar surface area (TPSA) is 61.4 Å². The van der Waals surface area contributed by atoms with Crippen molar-refractivity contribution in [2.75, 3.05) is 13.4 Å². The van der Waals surface area contributed by atoms with E-state index in [0.29, 0.717) is 5.78 Å². The van der Waals surface area contributed by atoms with Crippen molar-refractivity contribution >= 4 is 34.5 Å². The smallest absolute Gasteiger partial charge is 0.325 e.